The zero-order chi connectivity index (χ0) is 14.4. The summed E-state index contributed by atoms with van der Waals surface area (Å²) < 4.78 is 0. The Kier molecular flexibility index (Phi) is 5.12. The van der Waals surface area contributed by atoms with E-state index in [0.717, 1.165) is 6.42 Å². The molecule has 1 aromatic rings. The molecule has 5 heteroatoms. The lowest BCUT2D eigenvalue weighted by atomic mass is 10.0. The molecule has 108 valence electrons. The van der Waals surface area contributed by atoms with Crippen LogP contribution in [0.25, 0.3) is 0 Å². The summed E-state index contributed by atoms with van der Waals surface area (Å²) in [5.74, 6) is -0.0917. The predicted octanol–water partition coefficient (Wildman–Crippen LogP) is 0.341. The van der Waals surface area contributed by atoms with Crippen LogP contribution in [0.5, 0.6) is 0 Å². The number of hydrogen-bond donors (Lipinski definition) is 3. The van der Waals surface area contributed by atoms with E-state index in [4.69, 9.17) is 5.73 Å². The van der Waals surface area contributed by atoms with Gasteiger partial charge in [0.15, 0.2) is 0 Å². The Morgan fingerprint density at radius 2 is 2.15 bits per heavy atom. The van der Waals surface area contributed by atoms with Crippen molar-refractivity contribution in [2.75, 3.05) is 6.54 Å². The van der Waals surface area contributed by atoms with E-state index in [9.17, 15) is 9.59 Å². The summed E-state index contributed by atoms with van der Waals surface area (Å²) in [6.07, 6.45) is 2.55. The lowest BCUT2D eigenvalue weighted by Crippen LogP contribution is -2.52. The van der Waals surface area contributed by atoms with Crippen LogP contribution in [0.4, 0.5) is 0 Å². The highest BCUT2D eigenvalue weighted by atomic mass is 16.2. The lowest BCUT2D eigenvalue weighted by Gasteiger charge is -2.24. The molecule has 1 aromatic carbocycles. The number of hydrogen-bond acceptors (Lipinski definition) is 3. The Morgan fingerprint density at radius 1 is 1.40 bits per heavy atom. The minimum Gasteiger partial charge on any atom is -0.354 e. The van der Waals surface area contributed by atoms with Crippen molar-refractivity contribution >= 4 is 11.8 Å². The minimum absolute atomic E-state index is 0.00275. The molecule has 2 amide bonds. The number of aryl methyl sites for hydroxylation is 1. The number of benzene rings is 1. The van der Waals surface area contributed by atoms with Gasteiger partial charge in [-0.25, -0.2) is 0 Å². The van der Waals surface area contributed by atoms with Gasteiger partial charge < -0.3 is 16.4 Å². The molecule has 2 atom stereocenters. The second-order valence-corrected chi connectivity index (χ2v) is 5.18. The molecular formula is C15H21N3O2. The molecule has 1 heterocycles. The topological polar surface area (TPSA) is 84.2 Å². The normalized spacial score (nSPS) is 20.1. The van der Waals surface area contributed by atoms with Crippen LogP contribution in [0.3, 0.4) is 0 Å². The average Bonchev–Trinajstić information content (AvgIpc) is 2.48. The monoisotopic (exact) mass is 275 g/mol. The van der Waals surface area contributed by atoms with Gasteiger partial charge in [0.05, 0.1) is 6.04 Å². The molecule has 5 nitrogen and oxygen atoms in total. The fourth-order valence-electron chi connectivity index (χ4n) is 2.26. The van der Waals surface area contributed by atoms with Gasteiger partial charge in [-0.05, 0) is 24.8 Å². The SMILES string of the molecule is NC(CCc1ccccc1)C(=O)NC1CCC(=O)NC1. The van der Waals surface area contributed by atoms with Gasteiger partial charge in [0.1, 0.15) is 0 Å². The Balaban J connectivity index is 1.73. The van der Waals surface area contributed by atoms with Gasteiger partial charge in [0.2, 0.25) is 11.8 Å². The Bertz CT molecular complexity index is 451. The van der Waals surface area contributed by atoms with Crippen LogP contribution in [0.15, 0.2) is 30.3 Å². The number of amides is 2. The molecule has 1 aliphatic heterocycles. The smallest absolute Gasteiger partial charge is 0.237 e. The maximum absolute atomic E-state index is 12.0. The molecule has 4 N–H and O–H groups in total. The molecule has 1 saturated heterocycles. The van der Waals surface area contributed by atoms with Gasteiger partial charge >= 0.3 is 0 Å². The van der Waals surface area contributed by atoms with E-state index in [2.05, 4.69) is 10.6 Å². The van der Waals surface area contributed by atoms with Crippen LogP contribution in [-0.2, 0) is 16.0 Å². The van der Waals surface area contributed by atoms with Crippen molar-refractivity contribution in [3.63, 3.8) is 0 Å². The van der Waals surface area contributed by atoms with Crippen molar-refractivity contribution < 1.29 is 9.59 Å². The highest BCUT2D eigenvalue weighted by Crippen LogP contribution is 2.06. The minimum atomic E-state index is -0.507. The van der Waals surface area contributed by atoms with Crippen LogP contribution in [0.1, 0.15) is 24.8 Å². The van der Waals surface area contributed by atoms with E-state index in [1.165, 1.54) is 5.56 Å². The van der Waals surface area contributed by atoms with Gasteiger partial charge in [0.25, 0.3) is 0 Å². The standard InChI is InChI=1S/C15H21N3O2/c16-13(8-6-11-4-2-1-3-5-11)15(20)18-12-7-9-14(19)17-10-12/h1-5,12-13H,6-10,16H2,(H,17,19)(H,18,20). The van der Waals surface area contributed by atoms with Gasteiger partial charge in [-0.2, -0.15) is 0 Å². The fraction of sp³-hybridized carbons (Fsp3) is 0.467. The molecule has 0 spiro atoms. The second kappa shape index (κ2) is 7.05. The Hall–Kier alpha value is -1.88. The predicted molar refractivity (Wildman–Crippen MR) is 76.9 cm³/mol. The van der Waals surface area contributed by atoms with Crippen molar-refractivity contribution in [3.05, 3.63) is 35.9 Å². The second-order valence-electron chi connectivity index (χ2n) is 5.18. The van der Waals surface area contributed by atoms with E-state index >= 15 is 0 Å². The fourth-order valence-corrected chi connectivity index (χ4v) is 2.26. The zero-order valence-corrected chi connectivity index (χ0v) is 11.5. The van der Waals surface area contributed by atoms with Crippen LogP contribution in [0, 0.1) is 0 Å². The average molecular weight is 275 g/mol. The van der Waals surface area contributed by atoms with Crippen LogP contribution >= 0.6 is 0 Å². The largest absolute Gasteiger partial charge is 0.354 e. The number of carbonyl (C=O) groups excluding carboxylic acids is 2. The first-order valence-electron chi connectivity index (χ1n) is 7.02. The molecule has 0 bridgehead atoms. The third-order valence-electron chi connectivity index (χ3n) is 3.54. The van der Waals surface area contributed by atoms with Gasteiger partial charge in [-0.3, -0.25) is 9.59 Å². The molecule has 1 aliphatic rings. The van der Waals surface area contributed by atoms with Crippen molar-refractivity contribution in [1.82, 2.24) is 10.6 Å². The van der Waals surface area contributed by atoms with E-state index < -0.39 is 6.04 Å². The summed E-state index contributed by atoms with van der Waals surface area (Å²) in [6.45, 7) is 0.496. The quantitative estimate of drug-likeness (QED) is 0.724. The summed E-state index contributed by atoms with van der Waals surface area (Å²) >= 11 is 0. The molecule has 0 aliphatic carbocycles. The van der Waals surface area contributed by atoms with Gasteiger partial charge in [-0.15, -0.1) is 0 Å². The summed E-state index contributed by atoms with van der Waals surface area (Å²) in [4.78, 5) is 23.0. The summed E-state index contributed by atoms with van der Waals surface area (Å²) in [6, 6.07) is 9.48. The highest BCUT2D eigenvalue weighted by molar-refractivity contribution is 5.82. The van der Waals surface area contributed by atoms with Crippen molar-refractivity contribution in [3.8, 4) is 0 Å². The van der Waals surface area contributed by atoms with E-state index in [-0.39, 0.29) is 17.9 Å². The zero-order valence-electron chi connectivity index (χ0n) is 11.5. The first kappa shape index (κ1) is 14.5. The summed E-state index contributed by atoms with van der Waals surface area (Å²) in [5.41, 5.74) is 7.09. The maximum Gasteiger partial charge on any atom is 0.237 e. The molecule has 0 radical (unpaired) electrons. The van der Waals surface area contributed by atoms with Crippen molar-refractivity contribution in [2.45, 2.75) is 37.8 Å². The van der Waals surface area contributed by atoms with Gasteiger partial charge in [-0.1, -0.05) is 30.3 Å². The van der Waals surface area contributed by atoms with Crippen molar-refractivity contribution in [2.24, 2.45) is 5.73 Å². The molecule has 2 unspecified atom stereocenters. The van der Waals surface area contributed by atoms with Gasteiger partial charge in [0, 0.05) is 19.0 Å². The number of rotatable bonds is 5. The maximum atomic E-state index is 12.0. The molecule has 0 aromatic heterocycles. The van der Waals surface area contributed by atoms with E-state index in [0.29, 0.717) is 25.8 Å². The Labute approximate surface area is 118 Å². The third-order valence-corrected chi connectivity index (χ3v) is 3.54. The lowest BCUT2D eigenvalue weighted by molar-refractivity contribution is -0.126. The first-order valence-corrected chi connectivity index (χ1v) is 7.02. The molecule has 20 heavy (non-hydrogen) atoms. The van der Waals surface area contributed by atoms with E-state index in [1.807, 2.05) is 30.3 Å². The molecule has 1 fully saturated rings. The number of piperidine rings is 1. The van der Waals surface area contributed by atoms with Crippen molar-refractivity contribution in [1.29, 1.82) is 0 Å². The molecule has 2 rings (SSSR count). The number of carbonyl (C=O) groups is 2. The first-order chi connectivity index (χ1) is 9.65. The van der Waals surface area contributed by atoms with E-state index in [1.54, 1.807) is 0 Å². The Morgan fingerprint density at radius 3 is 2.80 bits per heavy atom. The highest BCUT2D eigenvalue weighted by Gasteiger charge is 2.22. The third kappa shape index (κ3) is 4.35. The number of nitrogens with one attached hydrogen (secondary N) is 2. The molecular weight excluding hydrogens is 254 g/mol. The van der Waals surface area contributed by atoms with Crippen LogP contribution in [-0.4, -0.2) is 30.4 Å². The van der Waals surface area contributed by atoms with Crippen LogP contribution in [0.2, 0.25) is 0 Å². The number of nitrogens with two attached hydrogens (primary N) is 1. The van der Waals surface area contributed by atoms with Crippen LogP contribution < -0.4 is 16.4 Å². The summed E-state index contributed by atoms with van der Waals surface area (Å²) in [5, 5.41) is 5.64. The molecule has 0 saturated carbocycles. The summed E-state index contributed by atoms with van der Waals surface area (Å²) in [7, 11) is 0.